The van der Waals surface area contributed by atoms with Gasteiger partial charge in [0.2, 0.25) is 11.8 Å². The fourth-order valence-electron chi connectivity index (χ4n) is 7.35. The van der Waals surface area contributed by atoms with Gasteiger partial charge in [-0.05, 0) is 73.5 Å². The highest BCUT2D eigenvalue weighted by Crippen LogP contribution is 2.59. The molecule has 8 rings (SSSR count). The lowest BCUT2D eigenvalue weighted by atomic mass is 9.87. The van der Waals surface area contributed by atoms with Gasteiger partial charge in [0, 0.05) is 0 Å². The molecule has 0 saturated carbocycles. The second-order valence-corrected chi connectivity index (χ2v) is 11.3. The molecule has 4 aliphatic heterocycles. The van der Waals surface area contributed by atoms with E-state index in [9.17, 15) is 19.2 Å². The fourth-order valence-corrected chi connectivity index (χ4v) is 7.35. The summed E-state index contributed by atoms with van der Waals surface area (Å²) in [5.41, 5.74) is 2.78. The minimum Gasteiger partial charge on any atom is -0.468 e. The van der Waals surface area contributed by atoms with Crippen molar-refractivity contribution < 1.29 is 28.0 Å². The van der Waals surface area contributed by atoms with Gasteiger partial charge in [-0.15, -0.1) is 0 Å². The number of fused-ring (bicyclic) bond motifs is 5. The molecule has 0 aliphatic carbocycles. The number of aryl methyl sites for hydroxylation is 2. The summed E-state index contributed by atoms with van der Waals surface area (Å²) in [6, 6.07) is 17.9. The molecule has 6 atom stereocenters. The van der Waals surface area contributed by atoms with Crippen LogP contribution in [0.5, 0.6) is 0 Å². The number of furan rings is 2. The first kappa shape index (κ1) is 25.0. The highest BCUT2D eigenvalue weighted by atomic mass is 16.3. The SMILES string of the molecule is Cc1cccc(N2C(=O)[C@H]3[C@@H](C2=O)N2[C@H](c4ccco4)[C@H]4C(=O)N(c5cccc(C)c5)C(=O)[C@H]4N2[C@@H]3c2ccco2)c1. The van der Waals surface area contributed by atoms with E-state index in [0.29, 0.717) is 22.9 Å². The zero-order valence-corrected chi connectivity index (χ0v) is 22.8. The molecule has 2 aromatic heterocycles. The molecule has 0 radical (unpaired) electrons. The Hall–Kier alpha value is -4.80. The van der Waals surface area contributed by atoms with Crippen LogP contribution in [0.25, 0.3) is 0 Å². The van der Waals surface area contributed by atoms with Crippen molar-refractivity contribution in [1.82, 2.24) is 10.0 Å². The molecule has 6 heterocycles. The Bertz CT molecular complexity index is 1640. The Morgan fingerprint density at radius 2 is 0.952 bits per heavy atom. The number of amides is 4. The standard InChI is InChI=1S/C32H26N4O6/c1-17-7-3-9-19(15-17)33-29(37)23-25(21-11-5-13-41-21)36-28-24(26(22-12-6-14-42-22)35(36)27(23)31(33)39)30(38)34(32(28)40)20-10-4-8-18(2)16-20/h3-16,23-28H,1-2H3/t23-,24-,25-,26-,27+,28+/m1/s1. The normalized spacial score (nSPS) is 29.1. The number of rotatable bonds is 4. The van der Waals surface area contributed by atoms with E-state index in [1.54, 1.807) is 70.7 Å². The van der Waals surface area contributed by atoms with Gasteiger partial charge in [0.1, 0.15) is 23.6 Å². The van der Waals surface area contributed by atoms with Crippen LogP contribution in [0.4, 0.5) is 11.4 Å². The molecular weight excluding hydrogens is 536 g/mol. The van der Waals surface area contributed by atoms with E-state index in [-0.39, 0.29) is 11.8 Å². The summed E-state index contributed by atoms with van der Waals surface area (Å²) in [7, 11) is 0. The van der Waals surface area contributed by atoms with E-state index >= 15 is 0 Å². The van der Waals surface area contributed by atoms with Gasteiger partial charge in [0.15, 0.2) is 0 Å². The summed E-state index contributed by atoms with van der Waals surface area (Å²) in [5.74, 6) is -2.47. The lowest BCUT2D eigenvalue weighted by Crippen LogP contribution is -2.50. The molecule has 10 nitrogen and oxygen atoms in total. The Labute approximate surface area is 240 Å². The van der Waals surface area contributed by atoms with Gasteiger partial charge in [-0.3, -0.25) is 19.2 Å². The molecule has 0 unspecified atom stereocenters. The molecule has 2 aromatic carbocycles. The zero-order valence-electron chi connectivity index (χ0n) is 22.8. The summed E-state index contributed by atoms with van der Waals surface area (Å²) in [6.07, 6.45) is 3.01. The first-order chi connectivity index (χ1) is 20.4. The van der Waals surface area contributed by atoms with Crippen LogP contribution in [-0.2, 0) is 19.2 Å². The first-order valence-corrected chi connectivity index (χ1v) is 13.9. The van der Waals surface area contributed by atoms with Crippen LogP contribution in [0.2, 0.25) is 0 Å². The fraction of sp³-hybridized carbons (Fsp3) is 0.250. The summed E-state index contributed by atoms with van der Waals surface area (Å²) in [6.45, 7) is 3.79. The van der Waals surface area contributed by atoms with Crippen LogP contribution in [-0.4, -0.2) is 45.7 Å². The second-order valence-electron chi connectivity index (χ2n) is 11.3. The lowest BCUT2D eigenvalue weighted by molar-refractivity contribution is -0.136. The van der Waals surface area contributed by atoms with Crippen LogP contribution in [0.15, 0.2) is 94.2 Å². The van der Waals surface area contributed by atoms with E-state index in [4.69, 9.17) is 8.83 Å². The number of hydrogen-bond donors (Lipinski definition) is 0. The minimum absolute atomic E-state index is 0.381. The van der Waals surface area contributed by atoms with Crippen LogP contribution in [0, 0.1) is 25.7 Å². The van der Waals surface area contributed by atoms with Gasteiger partial charge in [-0.1, -0.05) is 24.3 Å². The quantitative estimate of drug-likeness (QED) is 0.345. The average molecular weight is 563 g/mol. The van der Waals surface area contributed by atoms with Crippen molar-refractivity contribution in [2.24, 2.45) is 11.8 Å². The van der Waals surface area contributed by atoms with Gasteiger partial charge in [0.05, 0.1) is 47.8 Å². The molecule has 4 saturated heterocycles. The second kappa shape index (κ2) is 8.85. The smallest absolute Gasteiger partial charge is 0.253 e. The number of benzene rings is 2. The van der Waals surface area contributed by atoms with Gasteiger partial charge in [0.25, 0.3) is 11.8 Å². The van der Waals surface area contributed by atoms with E-state index in [0.717, 1.165) is 11.1 Å². The monoisotopic (exact) mass is 562 g/mol. The van der Waals surface area contributed by atoms with Gasteiger partial charge >= 0.3 is 0 Å². The third-order valence-corrected chi connectivity index (χ3v) is 8.91. The Balaban J connectivity index is 1.31. The minimum atomic E-state index is -0.971. The zero-order chi connectivity index (χ0) is 28.9. The molecule has 0 N–H and O–H groups in total. The highest BCUT2D eigenvalue weighted by Gasteiger charge is 2.74. The largest absolute Gasteiger partial charge is 0.468 e. The van der Waals surface area contributed by atoms with Crippen molar-refractivity contribution in [3.8, 4) is 0 Å². The molecule has 4 aromatic rings. The molecule has 10 heteroatoms. The van der Waals surface area contributed by atoms with Crippen LogP contribution in [0.3, 0.4) is 0 Å². The lowest BCUT2D eigenvalue weighted by Gasteiger charge is -2.34. The van der Waals surface area contributed by atoms with Crippen LogP contribution >= 0.6 is 0 Å². The predicted octanol–water partition coefficient (Wildman–Crippen LogP) is 3.93. The molecule has 42 heavy (non-hydrogen) atoms. The average Bonchev–Trinajstić information content (AvgIpc) is 3.79. The molecule has 0 bridgehead atoms. The number of nitrogens with zero attached hydrogens (tertiary/aromatic N) is 4. The van der Waals surface area contributed by atoms with Crippen molar-refractivity contribution in [2.45, 2.75) is 38.0 Å². The summed E-state index contributed by atoms with van der Waals surface area (Å²) in [5, 5.41) is 3.51. The molecule has 4 fully saturated rings. The summed E-state index contributed by atoms with van der Waals surface area (Å²) < 4.78 is 11.7. The predicted molar refractivity (Wildman–Crippen MR) is 148 cm³/mol. The van der Waals surface area contributed by atoms with Gasteiger partial charge in [-0.2, -0.15) is 0 Å². The maximum atomic E-state index is 14.3. The topological polar surface area (TPSA) is 108 Å². The van der Waals surface area contributed by atoms with Gasteiger partial charge in [-0.25, -0.2) is 19.8 Å². The Kier molecular flexibility index (Phi) is 5.26. The van der Waals surface area contributed by atoms with Gasteiger partial charge < -0.3 is 8.83 Å². The number of hydrogen-bond acceptors (Lipinski definition) is 8. The number of carbonyl (C=O) groups excluding carboxylic acids is 4. The summed E-state index contributed by atoms with van der Waals surface area (Å²) in [4.78, 5) is 59.5. The van der Waals surface area contributed by atoms with Crippen molar-refractivity contribution in [3.63, 3.8) is 0 Å². The molecule has 4 amide bonds. The van der Waals surface area contributed by atoms with Crippen molar-refractivity contribution in [1.29, 1.82) is 0 Å². The number of carbonyl (C=O) groups is 4. The van der Waals surface area contributed by atoms with E-state index in [2.05, 4.69) is 0 Å². The maximum absolute atomic E-state index is 14.3. The Morgan fingerprint density at radius 3 is 1.31 bits per heavy atom. The van der Waals surface area contributed by atoms with Crippen molar-refractivity contribution in [3.05, 3.63) is 108 Å². The van der Waals surface area contributed by atoms with Crippen LogP contribution < -0.4 is 9.80 Å². The molecule has 210 valence electrons. The summed E-state index contributed by atoms with van der Waals surface area (Å²) >= 11 is 0. The van der Waals surface area contributed by atoms with E-state index in [1.165, 1.54) is 22.3 Å². The van der Waals surface area contributed by atoms with Crippen molar-refractivity contribution in [2.75, 3.05) is 9.80 Å². The molecule has 4 aliphatic rings. The highest BCUT2D eigenvalue weighted by molar-refractivity contribution is 6.26. The first-order valence-electron chi connectivity index (χ1n) is 13.9. The molecule has 0 spiro atoms. The van der Waals surface area contributed by atoms with E-state index < -0.39 is 47.8 Å². The Morgan fingerprint density at radius 1 is 0.524 bits per heavy atom. The molecular formula is C32H26N4O6. The van der Waals surface area contributed by atoms with Crippen molar-refractivity contribution >= 4 is 35.0 Å². The third kappa shape index (κ3) is 3.21. The van der Waals surface area contributed by atoms with E-state index in [1.807, 2.05) is 26.0 Å². The van der Waals surface area contributed by atoms with Crippen LogP contribution in [0.1, 0.15) is 34.7 Å². The number of anilines is 2. The maximum Gasteiger partial charge on any atom is 0.253 e. The number of hydrazine groups is 1. The number of imide groups is 2. The third-order valence-electron chi connectivity index (χ3n) is 8.91.